The zero-order valence-electron chi connectivity index (χ0n) is 10.7. The van der Waals surface area contributed by atoms with Gasteiger partial charge in [0.1, 0.15) is 5.82 Å². The van der Waals surface area contributed by atoms with Gasteiger partial charge in [-0.15, -0.1) is 0 Å². The average Bonchev–Trinajstić information content (AvgIpc) is 3.16. The molecule has 0 heterocycles. The number of rotatable bonds is 6. The van der Waals surface area contributed by atoms with Crippen LogP contribution < -0.4 is 5.32 Å². The number of hydrogen-bond donors (Lipinski definition) is 1. The van der Waals surface area contributed by atoms with E-state index in [9.17, 15) is 14.5 Å². The van der Waals surface area contributed by atoms with Gasteiger partial charge in [-0.1, -0.05) is 18.5 Å². The van der Waals surface area contributed by atoms with Crippen molar-refractivity contribution in [2.75, 3.05) is 6.54 Å². The topological polar surface area (TPSA) is 55.2 Å². The van der Waals surface area contributed by atoms with Crippen molar-refractivity contribution in [2.24, 2.45) is 5.92 Å². The van der Waals surface area contributed by atoms with Crippen molar-refractivity contribution in [3.63, 3.8) is 0 Å². The lowest BCUT2D eigenvalue weighted by atomic mass is 10.0. The highest BCUT2D eigenvalue weighted by Crippen LogP contribution is 2.36. The maximum absolute atomic E-state index is 13.5. The molecule has 1 aromatic carbocycles. The summed E-state index contributed by atoms with van der Waals surface area (Å²) in [6.45, 7) is 2.79. The molecule has 0 spiro atoms. The van der Waals surface area contributed by atoms with Gasteiger partial charge in [-0.05, 0) is 37.8 Å². The van der Waals surface area contributed by atoms with Crippen molar-refractivity contribution in [1.82, 2.24) is 5.32 Å². The predicted octanol–water partition coefficient (Wildman–Crippen LogP) is 3.32. The smallest absolute Gasteiger partial charge is 0.274 e. The summed E-state index contributed by atoms with van der Waals surface area (Å²) in [5.41, 5.74) is 0.305. The van der Waals surface area contributed by atoms with Crippen LogP contribution in [0, 0.1) is 21.8 Å². The number of nitro benzene ring substituents is 1. The normalized spacial score (nSPS) is 16.4. The van der Waals surface area contributed by atoms with Gasteiger partial charge in [0, 0.05) is 17.7 Å². The Morgan fingerprint density at radius 1 is 1.58 bits per heavy atom. The Kier molecular flexibility index (Phi) is 4.37. The number of nitrogens with zero attached hydrogens (tertiary/aromatic N) is 1. The molecule has 1 aliphatic rings. The van der Waals surface area contributed by atoms with E-state index in [1.54, 1.807) is 0 Å². The number of halogens is 2. The fraction of sp³-hybridized carbons (Fsp3) is 0.538. The maximum Gasteiger partial charge on any atom is 0.274 e. The van der Waals surface area contributed by atoms with Gasteiger partial charge in [0.25, 0.3) is 5.69 Å². The number of likely N-dealkylation sites (N-methyl/N-ethyl adjacent to an activating group) is 1. The van der Waals surface area contributed by atoms with Crippen LogP contribution >= 0.6 is 11.6 Å². The summed E-state index contributed by atoms with van der Waals surface area (Å²) in [6, 6.07) is 2.46. The Morgan fingerprint density at radius 2 is 2.26 bits per heavy atom. The second-order valence-corrected chi connectivity index (χ2v) is 5.27. The van der Waals surface area contributed by atoms with Gasteiger partial charge in [0.15, 0.2) is 0 Å². The van der Waals surface area contributed by atoms with E-state index in [-0.39, 0.29) is 16.8 Å². The molecule has 1 N–H and O–H groups in total. The van der Waals surface area contributed by atoms with E-state index in [1.165, 1.54) is 6.07 Å². The molecule has 0 saturated heterocycles. The lowest BCUT2D eigenvalue weighted by Gasteiger charge is -2.17. The van der Waals surface area contributed by atoms with Gasteiger partial charge in [-0.25, -0.2) is 4.39 Å². The molecule has 6 heteroatoms. The first-order valence-corrected chi connectivity index (χ1v) is 6.76. The van der Waals surface area contributed by atoms with Crippen LogP contribution in [0.15, 0.2) is 12.1 Å². The van der Waals surface area contributed by atoms with Crippen molar-refractivity contribution in [3.05, 3.63) is 38.7 Å². The number of nitrogens with one attached hydrogen (secondary N) is 1. The molecule has 1 unspecified atom stereocenters. The maximum atomic E-state index is 13.5. The predicted molar refractivity (Wildman–Crippen MR) is 72.0 cm³/mol. The minimum Gasteiger partial charge on any atom is -0.314 e. The van der Waals surface area contributed by atoms with E-state index in [0.29, 0.717) is 17.9 Å². The van der Waals surface area contributed by atoms with Crippen LogP contribution in [0.1, 0.15) is 25.3 Å². The Labute approximate surface area is 116 Å². The first-order chi connectivity index (χ1) is 9.02. The van der Waals surface area contributed by atoms with Crippen molar-refractivity contribution in [1.29, 1.82) is 0 Å². The molecule has 2 rings (SSSR count). The largest absolute Gasteiger partial charge is 0.314 e. The van der Waals surface area contributed by atoms with E-state index in [0.717, 1.165) is 25.5 Å². The van der Waals surface area contributed by atoms with Crippen molar-refractivity contribution in [2.45, 2.75) is 32.2 Å². The molecule has 1 aliphatic carbocycles. The molecule has 1 saturated carbocycles. The summed E-state index contributed by atoms with van der Waals surface area (Å²) < 4.78 is 13.5. The van der Waals surface area contributed by atoms with Gasteiger partial charge in [0.05, 0.1) is 9.95 Å². The van der Waals surface area contributed by atoms with Crippen LogP contribution in [0.5, 0.6) is 0 Å². The molecule has 19 heavy (non-hydrogen) atoms. The highest BCUT2D eigenvalue weighted by Gasteiger charge is 2.32. The molecule has 0 amide bonds. The fourth-order valence-corrected chi connectivity index (χ4v) is 2.47. The quantitative estimate of drug-likeness (QED) is 0.645. The van der Waals surface area contributed by atoms with Crippen molar-refractivity contribution in [3.8, 4) is 0 Å². The van der Waals surface area contributed by atoms with E-state index in [4.69, 9.17) is 11.6 Å². The second kappa shape index (κ2) is 5.84. The Morgan fingerprint density at radius 3 is 2.79 bits per heavy atom. The van der Waals surface area contributed by atoms with Crippen LogP contribution in [0.4, 0.5) is 10.1 Å². The van der Waals surface area contributed by atoms with Crippen molar-refractivity contribution < 1.29 is 9.31 Å². The highest BCUT2D eigenvalue weighted by atomic mass is 35.5. The molecule has 1 fully saturated rings. The summed E-state index contributed by atoms with van der Waals surface area (Å²) in [5.74, 6) is -0.0633. The first kappa shape index (κ1) is 14.2. The highest BCUT2D eigenvalue weighted by molar-refractivity contribution is 6.31. The van der Waals surface area contributed by atoms with Gasteiger partial charge >= 0.3 is 0 Å². The monoisotopic (exact) mass is 286 g/mol. The summed E-state index contributed by atoms with van der Waals surface area (Å²) in [5, 5.41) is 14.1. The van der Waals surface area contributed by atoms with Crippen LogP contribution in [0.25, 0.3) is 0 Å². The molecular formula is C13H16ClFN2O2. The molecule has 4 nitrogen and oxygen atoms in total. The minimum absolute atomic E-state index is 0.102. The molecule has 1 aromatic rings. The standard InChI is InChI=1S/C13H16ClFN2O2/c1-2-16-12(8-3-4-8)6-9-5-11(15)10(14)7-13(9)17(18)19/h5,7-8,12,16H,2-4,6H2,1H3. The summed E-state index contributed by atoms with van der Waals surface area (Å²) in [4.78, 5) is 10.5. The van der Waals surface area contributed by atoms with Gasteiger partial charge < -0.3 is 5.32 Å². The van der Waals surface area contributed by atoms with E-state index < -0.39 is 10.7 Å². The second-order valence-electron chi connectivity index (χ2n) is 4.86. The molecule has 0 aliphatic heterocycles. The zero-order valence-corrected chi connectivity index (χ0v) is 11.4. The summed E-state index contributed by atoms with van der Waals surface area (Å²) >= 11 is 5.61. The minimum atomic E-state index is -0.603. The Balaban J connectivity index is 2.26. The summed E-state index contributed by atoms with van der Waals surface area (Å²) in [6.07, 6.45) is 2.71. The van der Waals surface area contributed by atoms with Crippen LogP contribution in [-0.4, -0.2) is 17.5 Å². The molecule has 1 atom stereocenters. The van der Waals surface area contributed by atoms with E-state index in [1.807, 2.05) is 6.92 Å². The molecule has 0 radical (unpaired) electrons. The van der Waals surface area contributed by atoms with Crippen LogP contribution in [-0.2, 0) is 6.42 Å². The lowest BCUT2D eigenvalue weighted by Crippen LogP contribution is -2.33. The van der Waals surface area contributed by atoms with Gasteiger partial charge in [-0.3, -0.25) is 10.1 Å². The molecular weight excluding hydrogens is 271 g/mol. The van der Waals surface area contributed by atoms with Gasteiger partial charge in [-0.2, -0.15) is 0 Å². The Hall–Kier alpha value is -1.20. The number of hydrogen-bond acceptors (Lipinski definition) is 3. The average molecular weight is 287 g/mol. The van der Waals surface area contributed by atoms with Crippen LogP contribution in [0.2, 0.25) is 5.02 Å². The SMILES string of the molecule is CCNC(Cc1cc(F)c(Cl)cc1[N+](=O)[O-])C1CC1. The Bertz CT molecular complexity index is 492. The fourth-order valence-electron chi connectivity index (χ4n) is 2.31. The molecule has 104 valence electrons. The summed E-state index contributed by atoms with van der Waals surface area (Å²) in [7, 11) is 0. The van der Waals surface area contributed by atoms with E-state index >= 15 is 0 Å². The third kappa shape index (κ3) is 3.42. The van der Waals surface area contributed by atoms with Crippen molar-refractivity contribution >= 4 is 17.3 Å². The zero-order chi connectivity index (χ0) is 14.0. The molecule has 0 aromatic heterocycles. The lowest BCUT2D eigenvalue weighted by molar-refractivity contribution is -0.385. The third-order valence-electron chi connectivity index (χ3n) is 3.42. The van der Waals surface area contributed by atoms with Crippen LogP contribution in [0.3, 0.4) is 0 Å². The number of nitro groups is 1. The van der Waals surface area contributed by atoms with E-state index in [2.05, 4.69) is 5.32 Å². The van der Waals surface area contributed by atoms with Gasteiger partial charge in [0.2, 0.25) is 0 Å². The first-order valence-electron chi connectivity index (χ1n) is 6.38. The third-order valence-corrected chi connectivity index (χ3v) is 3.71. The number of benzene rings is 1. The molecule has 0 bridgehead atoms.